The molecule has 0 spiro atoms. The molecule has 0 bridgehead atoms. The van der Waals surface area contributed by atoms with Crippen molar-refractivity contribution in [3.8, 4) is 5.75 Å². The van der Waals surface area contributed by atoms with Crippen LogP contribution in [0.3, 0.4) is 0 Å². The first kappa shape index (κ1) is 31.9. The maximum absolute atomic E-state index is 13.5. The highest BCUT2D eigenvalue weighted by atomic mass is 16.6. The number of aliphatic hydroxyl groups is 1. The Bertz CT molecular complexity index is 1560. The van der Waals surface area contributed by atoms with E-state index in [0.29, 0.717) is 13.0 Å². The molecule has 0 fully saturated rings. The van der Waals surface area contributed by atoms with Crippen molar-refractivity contribution in [3.05, 3.63) is 141 Å². The predicted octanol–water partition coefficient (Wildman–Crippen LogP) is 4.59. The van der Waals surface area contributed by atoms with E-state index in [1.165, 1.54) is 6.07 Å². The molecule has 4 aromatic carbocycles. The molecule has 44 heavy (non-hydrogen) atoms. The van der Waals surface area contributed by atoms with Crippen LogP contribution in [-0.4, -0.2) is 47.6 Å². The number of non-ortho nitro benzene ring substituents is 1. The molecule has 10 heteroatoms. The Labute approximate surface area is 256 Å². The second-order valence-corrected chi connectivity index (χ2v) is 10.5. The third kappa shape index (κ3) is 8.97. The number of amides is 2. The van der Waals surface area contributed by atoms with Gasteiger partial charge < -0.3 is 25.8 Å². The van der Waals surface area contributed by atoms with Crippen molar-refractivity contribution in [2.45, 2.75) is 38.1 Å². The third-order valence-electron chi connectivity index (χ3n) is 7.20. The van der Waals surface area contributed by atoms with Gasteiger partial charge >= 0.3 is 0 Å². The number of rotatable bonds is 14. The van der Waals surface area contributed by atoms with Crippen LogP contribution in [0.15, 0.2) is 103 Å². The van der Waals surface area contributed by atoms with Gasteiger partial charge in [0.1, 0.15) is 5.75 Å². The molecular weight excluding hydrogens is 560 g/mol. The summed E-state index contributed by atoms with van der Waals surface area (Å²) in [6.45, 7) is 2.43. The van der Waals surface area contributed by atoms with E-state index in [1.807, 2.05) is 84.9 Å². The van der Waals surface area contributed by atoms with E-state index in [0.717, 1.165) is 34.6 Å². The number of nitrogens with one attached hydrogen (secondary N) is 3. The van der Waals surface area contributed by atoms with Gasteiger partial charge in [0.25, 0.3) is 17.5 Å². The van der Waals surface area contributed by atoms with E-state index in [1.54, 1.807) is 14.0 Å². The van der Waals surface area contributed by atoms with Crippen molar-refractivity contribution < 1.29 is 24.4 Å². The van der Waals surface area contributed by atoms with E-state index in [2.05, 4.69) is 16.0 Å². The Hall–Kier alpha value is -5.06. The number of hydrogen-bond donors (Lipinski definition) is 4. The summed E-state index contributed by atoms with van der Waals surface area (Å²) >= 11 is 0. The number of carbonyl (C=O) groups is 2. The summed E-state index contributed by atoms with van der Waals surface area (Å²) in [6.07, 6.45) is -0.691. The van der Waals surface area contributed by atoms with Crippen molar-refractivity contribution in [1.82, 2.24) is 16.0 Å². The van der Waals surface area contributed by atoms with Crippen LogP contribution in [0.4, 0.5) is 5.69 Å². The lowest BCUT2D eigenvalue weighted by atomic mass is 10.00. The van der Waals surface area contributed by atoms with Crippen molar-refractivity contribution in [2.75, 3.05) is 13.7 Å². The number of aliphatic hydroxyl groups excluding tert-OH is 1. The van der Waals surface area contributed by atoms with E-state index in [-0.39, 0.29) is 23.7 Å². The fourth-order valence-electron chi connectivity index (χ4n) is 4.78. The maximum Gasteiger partial charge on any atom is 0.271 e. The molecule has 0 aliphatic rings. The zero-order chi connectivity index (χ0) is 31.5. The van der Waals surface area contributed by atoms with E-state index >= 15 is 0 Å². The van der Waals surface area contributed by atoms with Crippen molar-refractivity contribution in [3.63, 3.8) is 0 Å². The molecule has 0 aliphatic carbocycles. The van der Waals surface area contributed by atoms with Gasteiger partial charge in [0, 0.05) is 36.3 Å². The highest BCUT2D eigenvalue weighted by molar-refractivity contribution is 6.01. The quantitative estimate of drug-likeness (QED) is 0.123. The molecule has 228 valence electrons. The summed E-state index contributed by atoms with van der Waals surface area (Å²) in [7, 11) is 1.59. The molecular formula is C34H36N4O6. The number of benzene rings is 4. The van der Waals surface area contributed by atoms with Crippen LogP contribution in [0.1, 0.15) is 50.4 Å². The third-order valence-corrected chi connectivity index (χ3v) is 7.20. The minimum Gasteiger partial charge on any atom is -0.497 e. The molecule has 4 N–H and O–H groups in total. The molecule has 0 unspecified atom stereocenters. The summed E-state index contributed by atoms with van der Waals surface area (Å²) in [6, 6.07) is 28.7. The molecule has 0 saturated heterocycles. The second-order valence-electron chi connectivity index (χ2n) is 10.5. The van der Waals surface area contributed by atoms with Crippen LogP contribution in [0.5, 0.6) is 5.75 Å². The molecule has 0 aromatic heterocycles. The average molecular weight is 597 g/mol. The van der Waals surface area contributed by atoms with Gasteiger partial charge in [-0.2, -0.15) is 0 Å². The summed E-state index contributed by atoms with van der Waals surface area (Å²) in [5, 5.41) is 31.8. The van der Waals surface area contributed by atoms with Crippen molar-refractivity contribution >= 4 is 17.5 Å². The summed E-state index contributed by atoms with van der Waals surface area (Å²) < 4.78 is 5.27. The van der Waals surface area contributed by atoms with Crippen molar-refractivity contribution in [2.24, 2.45) is 0 Å². The van der Waals surface area contributed by atoms with Gasteiger partial charge in [-0.1, -0.05) is 72.8 Å². The number of nitrogens with zero attached hydrogens (tertiary/aromatic N) is 1. The molecule has 0 saturated carbocycles. The van der Waals surface area contributed by atoms with Gasteiger partial charge in [0.2, 0.25) is 0 Å². The summed E-state index contributed by atoms with van der Waals surface area (Å²) in [5.41, 5.74) is 2.23. The second kappa shape index (κ2) is 15.4. The van der Waals surface area contributed by atoms with Crippen LogP contribution in [0.2, 0.25) is 0 Å². The monoisotopic (exact) mass is 596 g/mol. The Morgan fingerprint density at radius 1 is 0.841 bits per heavy atom. The van der Waals surface area contributed by atoms with E-state index in [9.17, 15) is 24.8 Å². The van der Waals surface area contributed by atoms with Gasteiger partial charge in [0.05, 0.1) is 30.2 Å². The number of hydrogen-bond acceptors (Lipinski definition) is 7. The number of ether oxygens (including phenoxy) is 1. The van der Waals surface area contributed by atoms with Crippen LogP contribution in [-0.2, 0) is 13.0 Å². The van der Waals surface area contributed by atoms with E-state index < -0.39 is 34.6 Å². The number of nitro groups is 1. The summed E-state index contributed by atoms with van der Waals surface area (Å²) in [5.74, 6) is -0.480. The molecule has 0 radical (unpaired) electrons. The van der Waals surface area contributed by atoms with Crippen molar-refractivity contribution in [1.29, 1.82) is 0 Å². The van der Waals surface area contributed by atoms with Gasteiger partial charge in [-0.3, -0.25) is 19.7 Å². The minimum atomic E-state index is -1.00. The van der Waals surface area contributed by atoms with Crippen LogP contribution >= 0.6 is 0 Å². The lowest BCUT2D eigenvalue weighted by Gasteiger charge is -2.25. The lowest BCUT2D eigenvalue weighted by molar-refractivity contribution is -0.384. The molecule has 4 rings (SSSR count). The Kier molecular flexibility index (Phi) is 11.2. The Balaban J connectivity index is 1.51. The molecule has 4 aromatic rings. The van der Waals surface area contributed by atoms with Gasteiger partial charge in [-0.15, -0.1) is 0 Å². The Morgan fingerprint density at radius 2 is 1.45 bits per heavy atom. The van der Waals surface area contributed by atoms with Crippen LogP contribution in [0, 0.1) is 10.1 Å². The molecule has 10 nitrogen and oxygen atoms in total. The number of nitro benzene ring substituents is 1. The number of methoxy groups -OCH3 is 1. The molecule has 2 amide bonds. The first-order valence-corrected chi connectivity index (χ1v) is 14.2. The zero-order valence-corrected chi connectivity index (χ0v) is 24.6. The minimum absolute atomic E-state index is 0.0211. The zero-order valence-electron chi connectivity index (χ0n) is 24.6. The van der Waals surface area contributed by atoms with Gasteiger partial charge in [0.15, 0.2) is 0 Å². The highest BCUT2D eigenvalue weighted by Crippen LogP contribution is 2.20. The summed E-state index contributed by atoms with van der Waals surface area (Å²) in [4.78, 5) is 37.7. The topological polar surface area (TPSA) is 143 Å². The first-order valence-electron chi connectivity index (χ1n) is 14.2. The Morgan fingerprint density at radius 3 is 2.09 bits per heavy atom. The highest BCUT2D eigenvalue weighted by Gasteiger charge is 2.25. The predicted molar refractivity (Wildman–Crippen MR) is 168 cm³/mol. The van der Waals surface area contributed by atoms with E-state index in [4.69, 9.17) is 4.74 Å². The maximum atomic E-state index is 13.5. The molecule has 3 atom stereocenters. The lowest BCUT2D eigenvalue weighted by Crippen LogP contribution is -2.48. The standard InChI is InChI=1S/C34H36N4O6/c1-23(26-13-7-4-8-14-26)36-33(40)27-18-28(20-29(19-27)38(42)43)34(41)37-31(17-24-10-5-3-6-11-24)32(39)22-35-21-25-12-9-15-30(16-25)44-2/h3-16,18-20,23,31-32,35,39H,17,21-22H2,1-2H3,(H,36,40)(H,37,41)/t23-,31+,32-/m1/s1. The SMILES string of the molecule is COc1cccc(CNC[C@@H](O)[C@H](Cc2ccccc2)NC(=O)c2cc(C(=O)N[C@H](C)c3ccccc3)cc([N+](=O)[O-])c2)c1. The molecule has 0 aliphatic heterocycles. The number of carbonyl (C=O) groups excluding carboxylic acids is 2. The average Bonchev–Trinajstić information content (AvgIpc) is 3.05. The van der Waals surface area contributed by atoms with Crippen LogP contribution < -0.4 is 20.7 Å². The fraction of sp³-hybridized carbons (Fsp3) is 0.235. The first-order chi connectivity index (χ1) is 21.2. The smallest absolute Gasteiger partial charge is 0.271 e. The van der Waals surface area contributed by atoms with Crippen LogP contribution in [0.25, 0.3) is 0 Å². The normalized spacial score (nSPS) is 12.9. The van der Waals surface area contributed by atoms with Gasteiger partial charge in [-0.25, -0.2) is 0 Å². The fourth-order valence-corrected chi connectivity index (χ4v) is 4.78. The molecule has 0 heterocycles. The van der Waals surface area contributed by atoms with Gasteiger partial charge in [-0.05, 0) is 48.2 Å². The largest absolute Gasteiger partial charge is 0.497 e.